The Morgan fingerprint density at radius 3 is 2.36 bits per heavy atom. The molecule has 8 nitrogen and oxygen atoms in total. The van der Waals surface area contributed by atoms with Crippen molar-refractivity contribution < 1.29 is 29.1 Å². The number of nitrogens with zero attached hydrogens (tertiary/aromatic N) is 2. The molecule has 0 aromatic heterocycles. The number of carbonyl (C=O) groups excluding carboxylic acids is 3. The van der Waals surface area contributed by atoms with Gasteiger partial charge in [-0.25, -0.2) is 14.8 Å². The molecule has 3 aromatic carbocycles. The number of hydrogen-bond donors (Lipinski definition) is 1. The lowest BCUT2D eigenvalue weighted by molar-refractivity contribution is -0.126. The van der Waals surface area contributed by atoms with E-state index in [2.05, 4.69) is 15.9 Å². The van der Waals surface area contributed by atoms with E-state index in [0.717, 1.165) is 4.90 Å². The quantitative estimate of drug-likeness (QED) is 0.339. The van der Waals surface area contributed by atoms with Gasteiger partial charge in [0.15, 0.2) is 6.10 Å². The number of carbonyl (C=O) groups is 3. The zero-order valence-corrected chi connectivity index (χ0v) is 21.3. The number of hydrogen-bond acceptors (Lipinski definition) is 7. The Morgan fingerprint density at radius 1 is 1.03 bits per heavy atom. The number of aromatic hydroxyl groups is 1. The van der Waals surface area contributed by atoms with Gasteiger partial charge in [-0.2, -0.15) is 0 Å². The Labute approximate surface area is 220 Å². The third-order valence-electron chi connectivity index (χ3n) is 6.14. The van der Waals surface area contributed by atoms with Crippen molar-refractivity contribution in [1.82, 2.24) is 0 Å². The summed E-state index contributed by atoms with van der Waals surface area (Å²) in [6, 6.07) is 16.9. The molecule has 3 atom stereocenters. The van der Waals surface area contributed by atoms with Gasteiger partial charge in [0, 0.05) is 15.1 Å². The van der Waals surface area contributed by atoms with E-state index in [1.165, 1.54) is 35.4 Å². The Morgan fingerprint density at radius 2 is 1.69 bits per heavy atom. The molecule has 3 aromatic rings. The van der Waals surface area contributed by atoms with E-state index in [1.807, 2.05) is 0 Å². The summed E-state index contributed by atoms with van der Waals surface area (Å²) in [7, 11) is 0. The number of amides is 2. The van der Waals surface area contributed by atoms with Crippen LogP contribution in [-0.2, 0) is 19.2 Å². The van der Waals surface area contributed by atoms with Crippen LogP contribution in [0.3, 0.4) is 0 Å². The van der Waals surface area contributed by atoms with Crippen molar-refractivity contribution in [2.45, 2.75) is 19.1 Å². The van der Waals surface area contributed by atoms with E-state index in [4.69, 9.17) is 21.2 Å². The van der Waals surface area contributed by atoms with Gasteiger partial charge in [-0.05, 0) is 73.7 Å². The zero-order chi connectivity index (χ0) is 25.6. The summed E-state index contributed by atoms with van der Waals surface area (Å²) < 4.78 is 5.69. The lowest BCUT2D eigenvalue weighted by Crippen LogP contribution is -2.37. The fourth-order valence-electron chi connectivity index (χ4n) is 4.52. The van der Waals surface area contributed by atoms with Crippen LogP contribution in [0.15, 0.2) is 71.2 Å². The van der Waals surface area contributed by atoms with Gasteiger partial charge in [0.05, 0.1) is 29.6 Å². The average molecular weight is 572 g/mol. The highest BCUT2D eigenvalue weighted by Crippen LogP contribution is 2.49. The Balaban J connectivity index is 1.54. The summed E-state index contributed by atoms with van der Waals surface area (Å²) in [6.45, 7) is 1.94. The third kappa shape index (κ3) is 4.13. The topological polar surface area (TPSA) is 96.4 Å². The number of phenols is 1. The number of rotatable bonds is 5. The van der Waals surface area contributed by atoms with E-state index in [9.17, 15) is 19.5 Å². The van der Waals surface area contributed by atoms with Crippen molar-refractivity contribution in [3.05, 3.63) is 87.4 Å². The fraction of sp³-hybridized carbons (Fsp3) is 0.192. The van der Waals surface area contributed by atoms with Crippen molar-refractivity contribution in [2.24, 2.45) is 5.92 Å². The van der Waals surface area contributed by atoms with Crippen LogP contribution in [0.25, 0.3) is 0 Å². The summed E-state index contributed by atoms with van der Waals surface area (Å²) in [4.78, 5) is 46.3. The maximum atomic E-state index is 13.7. The van der Waals surface area contributed by atoms with Gasteiger partial charge in [-0.3, -0.25) is 14.4 Å². The van der Waals surface area contributed by atoms with Gasteiger partial charge >= 0.3 is 5.97 Å². The van der Waals surface area contributed by atoms with Gasteiger partial charge in [0.25, 0.3) is 5.91 Å². The number of hydroxylamine groups is 1. The second kappa shape index (κ2) is 9.57. The standard InChI is InChI=1S/C26H20BrClN2O6/c1-2-35-26(34)14-3-8-17(9-4-14)29-24(32)21-22(19-13-15(27)5-12-20(19)31)30(36-23(21)25(29)33)18-10-6-16(28)7-11-18/h3-13,21-23,31H,2H2,1H3. The third-order valence-corrected chi connectivity index (χ3v) is 6.89. The normalized spacial score (nSPS) is 21.1. The van der Waals surface area contributed by atoms with Crippen molar-refractivity contribution in [1.29, 1.82) is 0 Å². The predicted octanol–water partition coefficient (Wildman–Crippen LogP) is 5.04. The Kier molecular flexibility index (Phi) is 6.46. The number of imide groups is 1. The van der Waals surface area contributed by atoms with Crippen molar-refractivity contribution in [3.8, 4) is 5.75 Å². The van der Waals surface area contributed by atoms with Gasteiger partial charge in [-0.1, -0.05) is 27.5 Å². The molecule has 0 radical (unpaired) electrons. The summed E-state index contributed by atoms with van der Waals surface area (Å²) in [6.07, 6.45) is -1.11. The number of anilines is 2. The van der Waals surface area contributed by atoms with E-state index in [-0.39, 0.29) is 12.4 Å². The van der Waals surface area contributed by atoms with Crippen molar-refractivity contribution >= 4 is 56.7 Å². The van der Waals surface area contributed by atoms with E-state index >= 15 is 0 Å². The molecule has 1 N–H and O–H groups in total. The molecule has 2 aliphatic heterocycles. The van der Waals surface area contributed by atoms with Gasteiger partial charge < -0.3 is 9.84 Å². The van der Waals surface area contributed by atoms with Crippen LogP contribution in [0.1, 0.15) is 28.9 Å². The first-order valence-corrected chi connectivity index (χ1v) is 12.3. The van der Waals surface area contributed by atoms with Gasteiger partial charge in [0.2, 0.25) is 5.91 Å². The molecule has 2 fully saturated rings. The summed E-state index contributed by atoms with van der Waals surface area (Å²) in [5, 5.41) is 12.7. The number of fused-ring (bicyclic) bond motifs is 1. The number of phenolic OH excluding ortho intramolecular Hbond substituents is 1. The molecular weight excluding hydrogens is 552 g/mol. The maximum Gasteiger partial charge on any atom is 0.338 e. The van der Waals surface area contributed by atoms with Crippen LogP contribution in [0.4, 0.5) is 11.4 Å². The second-order valence-electron chi connectivity index (χ2n) is 8.28. The van der Waals surface area contributed by atoms with Gasteiger partial charge in [-0.15, -0.1) is 0 Å². The molecule has 184 valence electrons. The highest BCUT2D eigenvalue weighted by Gasteiger charge is 2.60. The van der Waals surface area contributed by atoms with Crippen LogP contribution in [-0.4, -0.2) is 35.6 Å². The van der Waals surface area contributed by atoms with Crippen LogP contribution in [0.5, 0.6) is 5.75 Å². The van der Waals surface area contributed by atoms with E-state index in [0.29, 0.717) is 32.0 Å². The molecule has 2 aliphatic rings. The minimum Gasteiger partial charge on any atom is -0.508 e. The number of benzene rings is 3. The number of halogens is 2. The summed E-state index contributed by atoms with van der Waals surface area (Å²) in [5.74, 6) is -2.48. The Bertz CT molecular complexity index is 1350. The highest BCUT2D eigenvalue weighted by molar-refractivity contribution is 9.10. The van der Waals surface area contributed by atoms with Crippen molar-refractivity contribution in [3.63, 3.8) is 0 Å². The average Bonchev–Trinajstić information content (AvgIpc) is 3.37. The first-order valence-electron chi connectivity index (χ1n) is 11.1. The molecule has 36 heavy (non-hydrogen) atoms. The molecule has 0 spiro atoms. The van der Waals surface area contributed by atoms with Crippen LogP contribution in [0, 0.1) is 5.92 Å². The number of ether oxygens (including phenoxy) is 1. The number of esters is 1. The zero-order valence-electron chi connectivity index (χ0n) is 18.9. The van der Waals surface area contributed by atoms with E-state index < -0.39 is 35.8 Å². The Hall–Kier alpha value is -3.40. The fourth-order valence-corrected chi connectivity index (χ4v) is 5.02. The molecule has 2 heterocycles. The highest BCUT2D eigenvalue weighted by atomic mass is 79.9. The molecule has 3 unspecified atom stereocenters. The summed E-state index contributed by atoms with van der Waals surface area (Å²) >= 11 is 9.46. The van der Waals surface area contributed by atoms with Crippen LogP contribution in [0.2, 0.25) is 5.02 Å². The molecule has 0 bridgehead atoms. The minimum absolute atomic E-state index is 0.0381. The van der Waals surface area contributed by atoms with E-state index in [1.54, 1.807) is 43.3 Å². The molecule has 5 rings (SSSR count). The lowest BCUT2D eigenvalue weighted by Gasteiger charge is -2.29. The van der Waals surface area contributed by atoms with Crippen molar-refractivity contribution in [2.75, 3.05) is 16.6 Å². The van der Waals surface area contributed by atoms with Crippen LogP contribution < -0.4 is 9.96 Å². The molecule has 2 amide bonds. The SMILES string of the molecule is CCOC(=O)c1ccc(N2C(=O)C3ON(c4ccc(Cl)cc4)C(c4cc(Br)ccc4O)C3C2=O)cc1. The first-order chi connectivity index (χ1) is 17.3. The second-order valence-corrected chi connectivity index (χ2v) is 9.63. The predicted molar refractivity (Wildman–Crippen MR) is 136 cm³/mol. The maximum absolute atomic E-state index is 13.7. The molecule has 0 aliphatic carbocycles. The van der Waals surface area contributed by atoms with Gasteiger partial charge in [0.1, 0.15) is 11.7 Å². The molecular formula is C26H20BrClN2O6. The summed E-state index contributed by atoms with van der Waals surface area (Å²) in [5.41, 5.74) is 1.62. The largest absolute Gasteiger partial charge is 0.508 e. The molecule has 10 heteroatoms. The monoisotopic (exact) mass is 570 g/mol. The molecule has 0 saturated carbocycles. The molecule has 2 saturated heterocycles. The van der Waals surface area contributed by atoms with Crippen LogP contribution >= 0.6 is 27.5 Å². The lowest BCUT2D eigenvalue weighted by atomic mass is 9.90. The first kappa shape index (κ1) is 24.3. The smallest absolute Gasteiger partial charge is 0.338 e. The minimum atomic E-state index is -1.11.